The normalized spacial score (nSPS) is 17.9. The molecule has 1 aromatic carbocycles. The van der Waals surface area contributed by atoms with E-state index in [9.17, 15) is 5.26 Å². The van der Waals surface area contributed by atoms with E-state index in [1.807, 2.05) is 38.2 Å². The molecule has 18 heavy (non-hydrogen) atoms. The summed E-state index contributed by atoms with van der Waals surface area (Å²) in [6.45, 7) is 4.22. The van der Waals surface area contributed by atoms with Crippen LogP contribution in [0, 0.1) is 11.3 Å². The summed E-state index contributed by atoms with van der Waals surface area (Å²) in [6, 6.07) is 10.3. The lowest BCUT2D eigenvalue weighted by Crippen LogP contribution is -2.49. The van der Waals surface area contributed by atoms with E-state index in [0.717, 1.165) is 31.0 Å². The zero-order valence-electron chi connectivity index (χ0n) is 10.9. The first-order chi connectivity index (χ1) is 8.68. The molecule has 96 valence electrons. The summed E-state index contributed by atoms with van der Waals surface area (Å²) in [5.74, 6) is 0.909. The molecule has 2 rings (SSSR count). The molecule has 0 radical (unpaired) electrons. The number of nitrogens with zero attached hydrogens (tertiary/aromatic N) is 2. The van der Waals surface area contributed by atoms with Crippen molar-refractivity contribution < 1.29 is 4.74 Å². The molecule has 0 aliphatic carbocycles. The number of fused-ring (bicyclic) bond motifs is 1. The first kappa shape index (κ1) is 12.7. The van der Waals surface area contributed by atoms with Crippen LogP contribution < -0.4 is 15.0 Å². The van der Waals surface area contributed by atoms with Gasteiger partial charge < -0.3 is 15.0 Å². The minimum absolute atomic E-state index is 0.544. The smallest absolute Gasteiger partial charge is 0.142 e. The number of rotatable bonds is 3. The fourth-order valence-corrected chi connectivity index (χ4v) is 2.11. The van der Waals surface area contributed by atoms with Crippen LogP contribution in [0.3, 0.4) is 0 Å². The largest absolute Gasteiger partial charge is 0.491 e. The van der Waals surface area contributed by atoms with E-state index in [1.54, 1.807) is 0 Å². The van der Waals surface area contributed by atoms with Gasteiger partial charge in [0.2, 0.25) is 0 Å². The van der Waals surface area contributed by atoms with Crippen LogP contribution in [0.1, 0.15) is 13.3 Å². The highest BCUT2D eigenvalue weighted by atomic mass is 16.5. The second-order valence-electron chi connectivity index (χ2n) is 4.79. The quantitative estimate of drug-likeness (QED) is 0.881. The Morgan fingerprint density at radius 1 is 1.50 bits per heavy atom. The van der Waals surface area contributed by atoms with E-state index < -0.39 is 5.54 Å². The molecule has 1 atom stereocenters. The maximum absolute atomic E-state index is 9.26. The maximum Gasteiger partial charge on any atom is 0.142 e. The highest BCUT2D eigenvalue weighted by Crippen LogP contribution is 2.31. The van der Waals surface area contributed by atoms with E-state index >= 15 is 0 Å². The van der Waals surface area contributed by atoms with Gasteiger partial charge in [0.25, 0.3) is 0 Å². The van der Waals surface area contributed by atoms with Crippen molar-refractivity contribution in [1.82, 2.24) is 5.32 Å². The van der Waals surface area contributed by atoms with E-state index in [1.165, 1.54) is 0 Å². The van der Waals surface area contributed by atoms with Crippen LogP contribution in [0.4, 0.5) is 5.69 Å². The molecule has 1 N–H and O–H groups in total. The molecule has 1 unspecified atom stereocenters. The molecule has 0 amide bonds. The SMILES string of the molecule is CNC(C)(C#N)CN1CCCOc2ccccc21. The van der Waals surface area contributed by atoms with Crippen molar-refractivity contribution >= 4 is 5.69 Å². The molecule has 0 bridgehead atoms. The van der Waals surface area contributed by atoms with E-state index in [-0.39, 0.29) is 0 Å². The first-order valence-electron chi connectivity index (χ1n) is 6.25. The molecule has 0 aromatic heterocycles. The molecular weight excluding hydrogens is 226 g/mol. The summed E-state index contributed by atoms with van der Waals surface area (Å²) in [7, 11) is 1.82. The van der Waals surface area contributed by atoms with Crippen LogP contribution in [0.2, 0.25) is 0 Å². The standard InChI is InChI=1S/C14H19N3O/c1-14(10-15,16-2)11-17-8-5-9-18-13-7-4-3-6-12(13)17/h3-4,6-7,16H,5,8-9,11H2,1-2H3. The van der Waals surface area contributed by atoms with Gasteiger partial charge in [0.15, 0.2) is 0 Å². The molecule has 0 saturated carbocycles. The summed E-state index contributed by atoms with van der Waals surface area (Å²) < 4.78 is 5.72. The van der Waals surface area contributed by atoms with Gasteiger partial charge in [-0.25, -0.2) is 0 Å². The van der Waals surface area contributed by atoms with Crippen molar-refractivity contribution in [3.05, 3.63) is 24.3 Å². The number of likely N-dealkylation sites (N-methyl/N-ethyl adjacent to an activating group) is 1. The predicted molar refractivity (Wildman–Crippen MR) is 71.8 cm³/mol. The zero-order chi connectivity index (χ0) is 13.0. The van der Waals surface area contributed by atoms with Gasteiger partial charge in [0.05, 0.1) is 18.4 Å². The highest BCUT2D eigenvalue weighted by Gasteiger charge is 2.27. The van der Waals surface area contributed by atoms with Crippen LogP contribution in [0.15, 0.2) is 24.3 Å². The van der Waals surface area contributed by atoms with Gasteiger partial charge in [-0.3, -0.25) is 0 Å². The third-order valence-electron chi connectivity index (χ3n) is 3.34. The second kappa shape index (κ2) is 5.28. The molecule has 0 saturated heterocycles. The summed E-state index contributed by atoms with van der Waals surface area (Å²) in [5.41, 5.74) is 0.531. The lowest BCUT2D eigenvalue weighted by atomic mass is 10.0. The zero-order valence-corrected chi connectivity index (χ0v) is 10.9. The maximum atomic E-state index is 9.26. The Morgan fingerprint density at radius 2 is 2.28 bits per heavy atom. The van der Waals surface area contributed by atoms with Gasteiger partial charge in [0.1, 0.15) is 11.3 Å². The molecular formula is C14H19N3O. The topological polar surface area (TPSA) is 48.3 Å². The first-order valence-corrected chi connectivity index (χ1v) is 6.25. The van der Waals surface area contributed by atoms with Gasteiger partial charge in [-0.05, 0) is 32.5 Å². The Labute approximate surface area is 108 Å². The number of hydrogen-bond donors (Lipinski definition) is 1. The molecule has 4 nitrogen and oxygen atoms in total. The second-order valence-corrected chi connectivity index (χ2v) is 4.79. The Hall–Kier alpha value is -1.73. The number of para-hydroxylation sites is 2. The summed E-state index contributed by atoms with van der Waals surface area (Å²) in [6.07, 6.45) is 0.972. The molecule has 0 fully saturated rings. The van der Waals surface area contributed by atoms with Gasteiger partial charge in [-0.1, -0.05) is 12.1 Å². The van der Waals surface area contributed by atoms with E-state index in [2.05, 4.69) is 16.3 Å². The fourth-order valence-electron chi connectivity index (χ4n) is 2.11. The van der Waals surface area contributed by atoms with Gasteiger partial charge in [-0.15, -0.1) is 0 Å². The number of nitrogens with one attached hydrogen (secondary N) is 1. The lowest BCUT2D eigenvalue weighted by Gasteiger charge is -2.31. The van der Waals surface area contributed by atoms with Crippen LogP contribution in [0.5, 0.6) is 5.75 Å². The number of ether oxygens (including phenoxy) is 1. The minimum atomic E-state index is -0.544. The van der Waals surface area contributed by atoms with Crippen molar-refractivity contribution in [2.75, 3.05) is 31.6 Å². The summed E-state index contributed by atoms with van der Waals surface area (Å²) in [4.78, 5) is 2.22. The molecule has 0 spiro atoms. The molecule has 1 aliphatic rings. The highest BCUT2D eigenvalue weighted by molar-refractivity contribution is 5.59. The summed E-state index contributed by atoms with van der Waals surface area (Å²) >= 11 is 0. The Kier molecular flexibility index (Phi) is 3.73. The Bertz CT molecular complexity index is 455. The van der Waals surface area contributed by atoms with Crippen LogP contribution >= 0.6 is 0 Å². The molecule has 1 aromatic rings. The Morgan fingerprint density at radius 3 is 3.00 bits per heavy atom. The van der Waals surface area contributed by atoms with E-state index in [4.69, 9.17) is 4.74 Å². The van der Waals surface area contributed by atoms with Crippen LogP contribution in [0.25, 0.3) is 0 Å². The van der Waals surface area contributed by atoms with Gasteiger partial charge >= 0.3 is 0 Å². The van der Waals surface area contributed by atoms with Crippen molar-refractivity contribution in [3.63, 3.8) is 0 Å². The van der Waals surface area contributed by atoms with E-state index in [0.29, 0.717) is 6.54 Å². The fraction of sp³-hybridized carbons (Fsp3) is 0.500. The average molecular weight is 245 g/mol. The van der Waals surface area contributed by atoms with Crippen LogP contribution in [-0.4, -0.2) is 32.3 Å². The van der Waals surface area contributed by atoms with Crippen molar-refractivity contribution in [2.24, 2.45) is 0 Å². The number of benzene rings is 1. The van der Waals surface area contributed by atoms with Crippen molar-refractivity contribution in [1.29, 1.82) is 5.26 Å². The minimum Gasteiger partial charge on any atom is -0.491 e. The lowest BCUT2D eigenvalue weighted by molar-refractivity contribution is 0.322. The molecule has 1 heterocycles. The van der Waals surface area contributed by atoms with Gasteiger partial charge in [-0.2, -0.15) is 5.26 Å². The Balaban J connectivity index is 2.26. The third kappa shape index (κ3) is 2.57. The third-order valence-corrected chi connectivity index (χ3v) is 3.34. The summed E-state index contributed by atoms with van der Waals surface area (Å²) in [5, 5.41) is 12.3. The molecule has 1 aliphatic heterocycles. The van der Waals surface area contributed by atoms with Crippen molar-refractivity contribution in [3.8, 4) is 11.8 Å². The van der Waals surface area contributed by atoms with Crippen LogP contribution in [-0.2, 0) is 0 Å². The van der Waals surface area contributed by atoms with Gasteiger partial charge in [0, 0.05) is 13.1 Å². The monoisotopic (exact) mass is 245 g/mol. The number of nitriles is 1. The van der Waals surface area contributed by atoms with Crippen molar-refractivity contribution in [2.45, 2.75) is 18.9 Å². The molecule has 4 heteroatoms. The number of hydrogen-bond acceptors (Lipinski definition) is 4. The predicted octanol–water partition coefficient (Wildman–Crippen LogP) is 1.78. The average Bonchev–Trinajstić information content (AvgIpc) is 2.61. The number of anilines is 1.